The predicted octanol–water partition coefficient (Wildman–Crippen LogP) is 0.574. The average molecular weight is 232 g/mol. The van der Waals surface area contributed by atoms with Crippen molar-refractivity contribution in [1.82, 2.24) is 10.6 Å². The maximum Gasteiger partial charge on any atom is 0.326 e. The van der Waals surface area contributed by atoms with Crippen LogP contribution >= 0.6 is 0 Å². The van der Waals surface area contributed by atoms with Gasteiger partial charge >= 0.3 is 12.0 Å². The fourth-order valence-corrected chi connectivity index (χ4v) is 1.10. The maximum atomic E-state index is 11.3. The van der Waals surface area contributed by atoms with Gasteiger partial charge in [-0.25, -0.2) is 9.59 Å². The molecule has 0 saturated carbocycles. The third-order valence-electron chi connectivity index (χ3n) is 1.96. The number of carbonyl (C=O) groups excluding carboxylic acids is 1. The van der Waals surface area contributed by atoms with E-state index >= 15 is 0 Å². The van der Waals surface area contributed by atoms with Crippen molar-refractivity contribution in [2.24, 2.45) is 0 Å². The molecular weight excluding hydrogens is 212 g/mol. The molecule has 0 fully saturated rings. The molecule has 0 aromatic heterocycles. The number of rotatable bonds is 7. The van der Waals surface area contributed by atoms with Crippen LogP contribution in [0.15, 0.2) is 0 Å². The molecule has 2 amide bonds. The summed E-state index contributed by atoms with van der Waals surface area (Å²) >= 11 is 0. The second-order valence-corrected chi connectivity index (χ2v) is 3.48. The van der Waals surface area contributed by atoms with Crippen molar-refractivity contribution >= 4 is 12.0 Å². The van der Waals surface area contributed by atoms with Gasteiger partial charge in [-0.1, -0.05) is 6.92 Å². The van der Waals surface area contributed by atoms with Gasteiger partial charge < -0.3 is 20.5 Å². The van der Waals surface area contributed by atoms with Crippen LogP contribution in [0.1, 0.15) is 27.2 Å². The molecule has 94 valence electrons. The van der Waals surface area contributed by atoms with Gasteiger partial charge in [-0.2, -0.15) is 0 Å². The van der Waals surface area contributed by atoms with Crippen LogP contribution in [0.25, 0.3) is 0 Å². The minimum Gasteiger partial charge on any atom is -0.480 e. The van der Waals surface area contributed by atoms with Crippen molar-refractivity contribution in [3.8, 4) is 0 Å². The summed E-state index contributed by atoms with van der Waals surface area (Å²) in [5, 5.41) is 13.7. The Kier molecular flexibility index (Phi) is 7.28. The van der Waals surface area contributed by atoms with Gasteiger partial charge in [-0.05, 0) is 20.3 Å². The molecule has 0 saturated heterocycles. The van der Waals surface area contributed by atoms with Gasteiger partial charge in [0.1, 0.15) is 6.04 Å². The summed E-state index contributed by atoms with van der Waals surface area (Å²) in [6.07, 6.45) is 0.350. The Morgan fingerprint density at radius 1 is 1.31 bits per heavy atom. The zero-order valence-corrected chi connectivity index (χ0v) is 9.95. The zero-order chi connectivity index (χ0) is 12.6. The lowest BCUT2D eigenvalue weighted by atomic mass is 10.2. The van der Waals surface area contributed by atoms with E-state index in [4.69, 9.17) is 9.84 Å². The fraction of sp³-hybridized carbons (Fsp3) is 0.800. The zero-order valence-electron chi connectivity index (χ0n) is 9.95. The Labute approximate surface area is 95.4 Å². The number of carboxylic acids is 1. The van der Waals surface area contributed by atoms with E-state index in [9.17, 15) is 9.59 Å². The summed E-state index contributed by atoms with van der Waals surface area (Å²) in [4.78, 5) is 22.0. The third kappa shape index (κ3) is 6.23. The van der Waals surface area contributed by atoms with E-state index in [1.54, 1.807) is 13.8 Å². The molecule has 0 bridgehead atoms. The smallest absolute Gasteiger partial charge is 0.326 e. The monoisotopic (exact) mass is 232 g/mol. The van der Waals surface area contributed by atoms with E-state index < -0.39 is 18.0 Å². The SMILES string of the molecule is CCOCC(C)NC(=O)NC(CC)C(=O)O. The first-order valence-electron chi connectivity index (χ1n) is 5.38. The molecule has 3 N–H and O–H groups in total. The normalized spacial score (nSPS) is 13.9. The first-order valence-corrected chi connectivity index (χ1v) is 5.38. The molecule has 0 aliphatic carbocycles. The number of ether oxygens (including phenoxy) is 1. The number of carboxylic acid groups (broad SMARTS) is 1. The first kappa shape index (κ1) is 14.7. The Balaban J connectivity index is 3.92. The summed E-state index contributed by atoms with van der Waals surface area (Å²) in [7, 11) is 0. The fourth-order valence-electron chi connectivity index (χ4n) is 1.10. The van der Waals surface area contributed by atoms with E-state index in [1.807, 2.05) is 6.92 Å². The van der Waals surface area contributed by atoms with E-state index in [2.05, 4.69) is 10.6 Å². The topological polar surface area (TPSA) is 87.7 Å². The summed E-state index contributed by atoms with van der Waals surface area (Å²) in [6, 6.07) is -1.48. The number of carbonyl (C=O) groups is 2. The van der Waals surface area contributed by atoms with Crippen LogP contribution in [0.3, 0.4) is 0 Å². The lowest BCUT2D eigenvalue weighted by Gasteiger charge is -2.17. The molecule has 0 aromatic carbocycles. The van der Waals surface area contributed by atoms with Crippen LogP contribution in [0.4, 0.5) is 4.79 Å². The van der Waals surface area contributed by atoms with E-state index in [-0.39, 0.29) is 6.04 Å². The molecular formula is C10H20N2O4. The van der Waals surface area contributed by atoms with Gasteiger partial charge in [0.05, 0.1) is 12.6 Å². The predicted molar refractivity (Wildman–Crippen MR) is 59.3 cm³/mol. The molecule has 16 heavy (non-hydrogen) atoms. The average Bonchev–Trinajstić information content (AvgIpc) is 2.22. The summed E-state index contributed by atoms with van der Waals surface area (Å²) in [6.45, 7) is 6.35. The second-order valence-electron chi connectivity index (χ2n) is 3.48. The summed E-state index contributed by atoms with van der Waals surface area (Å²) in [5.41, 5.74) is 0. The minimum atomic E-state index is -1.03. The molecule has 0 aromatic rings. The summed E-state index contributed by atoms with van der Waals surface area (Å²) < 4.78 is 5.12. The number of aliphatic carboxylic acids is 1. The van der Waals surface area contributed by atoms with Gasteiger partial charge in [0.15, 0.2) is 0 Å². The number of hydrogen-bond acceptors (Lipinski definition) is 3. The molecule has 0 radical (unpaired) electrons. The molecule has 0 spiro atoms. The third-order valence-corrected chi connectivity index (χ3v) is 1.96. The Hall–Kier alpha value is -1.30. The molecule has 0 heterocycles. The lowest BCUT2D eigenvalue weighted by Crippen LogP contribution is -2.49. The number of urea groups is 1. The molecule has 0 rings (SSSR count). The van der Waals surface area contributed by atoms with E-state index in [0.29, 0.717) is 19.6 Å². The number of amides is 2. The van der Waals surface area contributed by atoms with Gasteiger partial charge in [-0.15, -0.1) is 0 Å². The van der Waals surface area contributed by atoms with Crippen LogP contribution in [-0.4, -0.2) is 42.4 Å². The first-order chi connectivity index (χ1) is 7.51. The van der Waals surface area contributed by atoms with Crippen molar-refractivity contribution in [3.05, 3.63) is 0 Å². The Bertz CT molecular complexity index is 233. The van der Waals surface area contributed by atoms with Gasteiger partial charge in [0, 0.05) is 6.61 Å². The molecule has 2 unspecified atom stereocenters. The van der Waals surface area contributed by atoms with Gasteiger partial charge in [-0.3, -0.25) is 0 Å². The largest absolute Gasteiger partial charge is 0.480 e. The van der Waals surface area contributed by atoms with Gasteiger partial charge in [0.2, 0.25) is 0 Å². The molecule has 0 aliphatic heterocycles. The van der Waals surface area contributed by atoms with Crippen molar-refractivity contribution in [2.75, 3.05) is 13.2 Å². The van der Waals surface area contributed by atoms with Crippen LogP contribution in [0, 0.1) is 0 Å². The summed E-state index contributed by atoms with van der Waals surface area (Å²) in [5.74, 6) is -1.03. The lowest BCUT2D eigenvalue weighted by molar-refractivity contribution is -0.139. The molecule has 6 nitrogen and oxygen atoms in total. The van der Waals surface area contributed by atoms with Crippen LogP contribution in [0.2, 0.25) is 0 Å². The number of hydrogen-bond donors (Lipinski definition) is 3. The van der Waals surface area contributed by atoms with Crippen molar-refractivity contribution in [1.29, 1.82) is 0 Å². The second kappa shape index (κ2) is 7.92. The minimum absolute atomic E-state index is 0.147. The van der Waals surface area contributed by atoms with Crippen LogP contribution < -0.4 is 10.6 Å². The van der Waals surface area contributed by atoms with Crippen molar-refractivity contribution in [2.45, 2.75) is 39.3 Å². The van der Waals surface area contributed by atoms with Crippen molar-refractivity contribution in [3.63, 3.8) is 0 Å². The molecule has 0 aliphatic rings. The van der Waals surface area contributed by atoms with E-state index in [1.165, 1.54) is 0 Å². The Morgan fingerprint density at radius 3 is 2.38 bits per heavy atom. The number of nitrogens with one attached hydrogen (secondary N) is 2. The van der Waals surface area contributed by atoms with Crippen LogP contribution in [-0.2, 0) is 9.53 Å². The standard InChI is InChI=1S/C10H20N2O4/c1-4-8(9(13)14)12-10(15)11-7(3)6-16-5-2/h7-8H,4-6H2,1-3H3,(H,13,14)(H2,11,12,15). The highest BCUT2D eigenvalue weighted by atomic mass is 16.5. The highest BCUT2D eigenvalue weighted by Gasteiger charge is 2.18. The Morgan fingerprint density at radius 2 is 1.94 bits per heavy atom. The molecule has 6 heteroatoms. The van der Waals surface area contributed by atoms with E-state index in [0.717, 1.165) is 0 Å². The van der Waals surface area contributed by atoms with Crippen molar-refractivity contribution < 1.29 is 19.4 Å². The maximum absolute atomic E-state index is 11.3. The van der Waals surface area contributed by atoms with Crippen LogP contribution in [0.5, 0.6) is 0 Å². The highest BCUT2D eigenvalue weighted by Crippen LogP contribution is 1.91. The molecule has 2 atom stereocenters. The highest BCUT2D eigenvalue weighted by molar-refractivity contribution is 5.82. The quantitative estimate of drug-likeness (QED) is 0.599. The van der Waals surface area contributed by atoms with Gasteiger partial charge in [0.25, 0.3) is 0 Å².